The Kier molecular flexibility index (Phi) is 4.27. The van der Waals surface area contributed by atoms with Crippen LogP contribution in [0.3, 0.4) is 0 Å². The van der Waals surface area contributed by atoms with Crippen LogP contribution in [0.4, 0.5) is 0 Å². The van der Waals surface area contributed by atoms with Crippen molar-refractivity contribution in [2.45, 2.75) is 12.1 Å². The lowest BCUT2D eigenvalue weighted by molar-refractivity contribution is -0.119. The van der Waals surface area contributed by atoms with Crippen molar-refractivity contribution in [2.24, 2.45) is 11.5 Å². The molecule has 0 aliphatic carbocycles. The maximum Gasteiger partial charge on any atom is 0.235 e. The van der Waals surface area contributed by atoms with Gasteiger partial charge >= 0.3 is 0 Å². The number of hydrogen-bond donors (Lipinski definition) is 3. The van der Waals surface area contributed by atoms with E-state index in [0.29, 0.717) is 32.8 Å². The second-order valence-electron chi connectivity index (χ2n) is 3.50. The van der Waals surface area contributed by atoms with Crippen LogP contribution in [-0.4, -0.2) is 60.9 Å². The molecule has 2 unspecified atom stereocenters. The first kappa shape index (κ1) is 11.4. The summed E-state index contributed by atoms with van der Waals surface area (Å²) >= 11 is 0. The second-order valence-corrected chi connectivity index (χ2v) is 3.50. The number of primary amides is 1. The normalized spacial score (nSPS) is 26.9. The minimum atomic E-state index is -0.680. The van der Waals surface area contributed by atoms with Gasteiger partial charge in [-0.05, 0) is 0 Å². The van der Waals surface area contributed by atoms with Crippen molar-refractivity contribution < 1.29 is 14.6 Å². The third kappa shape index (κ3) is 3.59. The molecule has 0 radical (unpaired) electrons. The molecule has 1 saturated heterocycles. The third-order valence-corrected chi connectivity index (χ3v) is 2.15. The molecular formula is C8H17N3O3. The highest BCUT2D eigenvalue weighted by Crippen LogP contribution is 2.00. The molecule has 2 atom stereocenters. The maximum absolute atomic E-state index is 10.7. The number of ether oxygens (including phenoxy) is 1. The van der Waals surface area contributed by atoms with Crippen molar-refractivity contribution in [1.29, 1.82) is 0 Å². The highest BCUT2D eigenvalue weighted by Gasteiger charge is 2.20. The Labute approximate surface area is 82.8 Å². The molecule has 1 fully saturated rings. The van der Waals surface area contributed by atoms with Gasteiger partial charge in [0.25, 0.3) is 0 Å². The summed E-state index contributed by atoms with van der Waals surface area (Å²) < 4.78 is 5.13. The van der Waals surface area contributed by atoms with Gasteiger partial charge in [-0.15, -0.1) is 0 Å². The summed E-state index contributed by atoms with van der Waals surface area (Å²) in [7, 11) is 0. The Morgan fingerprint density at radius 3 is 3.07 bits per heavy atom. The first-order chi connectivity index (χ1) is 6.59. The maximum atomic E-state index is 10.7. The molecule has 5 N–H and O–H groups in total. The molecule has 1 heterocycles. The zero-order valence-corrected chi connectivity index (χ0v) is 8.06. The van der Waals surface area contributed by atoms with Gasteiger partial charge in [0.2, 0.25) is 5.91 Å². The Morgan fingerprint density at radius 2 is 2.43 bits per heavy atom. The van der Waals surface area contributed by atoms with Gasteiger partial charge in [-0.3, -0.25) is 9.69 Å². The summed E-state index contributed by atoms with van der Waals surface area (Å²) in [4.78, 5) is 12.6. The van der Waals surface area contributed by atoms with E-state index in [1.54, 1.807) is 0 Å². The zero-order chi connectivity index (χ0) is 10.6. The quantitative estimate of drug-likeness (QED) is 0.470. The van der Waals surface area contributed by atoms with Gasteiger partial charge in [0, 0.05) is 19.6 Å². The number of nitrogens with zero attached hydrogens (tertiary/aromatic N) is 1. The molecule has 1 aliphatic rings. The van der Waals surface area contributed by atoms with Gasteiger partial charge in [-0.1, -0.05) is 0 Å². The van der Waals surface area contributed by atoms with Gasteiger partial charge < -0.3 is 21.3 Å². The molecule has 0 spiro atoms. The number of hydrogen-bond acceptors (Lipinski definition) is 5. The Bertz CT molecular complexity index is 200. The lowest BCUT2D eigenvalue weighted by atomic mass is 10.2. The molecule has 82 valence electrons. The van der Waals surface area contributed by atoms with E-state index in [2.05, 4.69) is 0 Å². The van der Waals surface area contributed by atoms with Crippen molar-refractivity contribution in [2.75, 3.05) is 32.8 Å². The molecule has 0 aromatic rings. The van der Waals surface area contributed by atoms with Crippen molar-refractivity contribution >= 4 is 5.91 Å². The molecule has 0 aromatic heterocycles. The minimum absolute atomic E-state index is 0.336. The van der Waals surface area contributed by atoms with Crippen molar-refractivity contribution in [1.82, 2.24) is 4.90 Å². The predicted molar refractivity (Wildman–Crippen MR) is 50.4 cm³/mol. The van der Waals surface area contributed by atoms with Crippen LogP contribution in [0.5, 0.6) is 0 Å². The molecular weight excluding hydrogens is 186 g/mol. The summed E-state index contributed by atoms with van der Waals surface area (Å²) in [5, 5.41) is 9.39. The largest absolute Gasteiger partial charge is 0.389 e. The van der Waals surface area contributed by atoms with Crippen LogP contribution < -0.4 is 11.5 Å². The van der Waals surface area contributed by atoms with E-state index < -0.39 is 18.1 Å². The number of nitrogens with two attached hydrogens (primary N) is 2. The average Bonchev–Trinajstić information content (AvgIpc) is 2.29. The lowest BCUT2D eigenvalue weighted by Crippen LogP contribution is -2.47. The van der Waals surface area contributed by atoms with Gasteiger partial charge in [0.1, 0.15) is 0 Å². The number of carbonyl (C=O) groups excluding carboxylic acids is 1. The van der Waals surface area contributed by atoms with E-state index >= 15 is 0 Å². The summed E-state index contributed by atoms with van der Waals surface area (Å²) in [5.74, 6) is -0.523. The molecule has 6 heteroatoms. The van der Waals surface area contributed by atoms with E-state index in [0.717, 1.165) is 0 Å². The molecule has 0 bridgehead atoms. The predicted octanol–water partition coefficient (Wildman–Crippen LogP) is -2.51. The van der Waals surface area contributed by atoms with Crippen LogP contribution in [0, 0.1) is 0 Å². The highest BCUT2D eigenvalue weighted by atomic mass is 16.5. The Balaban J connectivity index is 2.38. The van der Waals surface area contributed by atoms with E-state index in [9.17, 15) is 9.90 Å². The Hall–Kier alpha value is -0.690. The SMILES string of the molecule is NC(=O)C(N)CN1CCOCC(O)C1. The molecule has 1 amide bonds. The summed E-state index contributed by atoms with van der Waals surface area (Å²) in [6.07, 6.45) is -0.516. The van der Waals surface area contributed by atoms with Crippen LogP contribution in [-0.2, 0) is 9.53 Å². The number of amides is 1. The molecule has 1 rings (SSSR count). The van der Waals surface area contributed by atoms with Crippen LogP contribution in [0.2, 0.25) is 0 Å². The van der Waals surface area contributed by atoms with E-state index in [4.69, 9.17) is 16.2 Å². The molecule has 6 nitrogen and oxygen atoms in total. The first-order valence-electron chi connectivity index (χ1n) is 4.62. The number of carbonyl (C=O) groups is 1. The van der Waals surface area contributed by atoms with Crippen LogP contribution in [0.25, 0.3) is 0 Å². The van der Waals surface area contributed by atoms with E-state index in [1.165, 1.54) is 0 Å². The monoisotopic (exact) mass is 203 g/mol. The van der Waals surface area contributed by atoms with Gasteiger partial charge in [-0.25, -0.2) is 0 Å². The van der Waals surface area contributed by atoms with Crippen molar-refractivity contribution in [3.63, 3.8) is 0 Å². The second kappa shape index (κ2) is 5.26. The van der Waals surface area contributed by atoms with Gasteiger partial charge in [0.05, 0.1) is 25.4 Å². The van der Waals surface area contributed by atoms with Crippen LogP contribution >= 0.6 is 0 Å². The van der Waals surface area contributed by atoms with E-state index in [1.807, 2.05) is 4.90 Å². The van der Waals surface area contributed by atoms with Gasteiger partial charge in [0.15, 0.2) is 0 Å². The fourth-order valence-corrected chi connectivity index (χ4v) is 1.39. The van der Waals surface area contributed by atoms with E-state index in [-0.39, 0.29) is 0 Å². The summed E-state index contributed by atoms with van der Waals surface area (Å²) in [6, 6.07) is -0.680. The topological polar surface area (TPSA) is 102 Å². The third-order valence-electron chi connectivity index (χ3n) is 2.15. The highest BCUT2D eigenvalue weighted by molar-refractivity contribution is 5.79. The molecule has 0 aromatic carbocycles. The fraction of sp³-hybridized carbons (Fsp3) is 0.875. The summed E-state index contributed by atoms with van der Waals surface area (Å²) in [6.45, 7) is 2.39. The molecule has 0 saturated carbocycles. The lowest BCUT2D eigenvalue weighted by Gasteiger charge is -2.22. The molecule has 1 aliphatic heterocycles. The molecule has 14 heavy (non-hydrogen) atoms. The standard InChI is InChI=1S/C8H17N3O3/c9-7(8(10)13)4-11-1-2-14-5-6(12)3-11/h6-7,12H,1-5,9H2,(H2,10,13). The van der Waals surface area contributed by atoms with Crippen LogP contribution in [0.1, 0.15) is 0 Å². The minimum Gasteiger partial charge on any atom is -0.389 e. The van der Waals surface area contributed by atoms with Crippen LogP contribution in [0.15, 0.2) is 0 Å². The smallest absolute Gasteiger partial charge is 0.235 e. The van der Waals surface area contributed by atoms with Crippen molar-refractivity contribution in [3.05, 3.63) is 0 Å². The van der Waals surface area contributed by atoms with Crippen molar-refractivity contribution in [3.8, 4) is 0 Å². The Morgan fingerprint density at radius 1 is 1.71 bits per heavy atom. The fourth-order valence-electron chi connectivity index (χ4n) is 1.39. The number of rotatable bonds is 3. The number of aliphatic hydroxyl groups excluding tert-OH is 1. The zero-order valence-electron chi connectivity index (χ0n) is 8.06. The van der Waals surface area contributed by atoms with Gasteiger partial charge in [-0.2, -0.15) is 0 Å². The number of aliphatic hydroxyl groups is 1. The number of β-amino-alcohol motifs (C(OH)–C–C–N with tert-alkyl or cyclic N) is 1. The average molecular weight is 203 g/mol. The summed E-state index contributed by atoms with van der Waals surface area (Å²) in [5.41, 5.74) is 10.5. The first-order valence-corrected chi connectivity index (χ1v) is 4.62.